The normalized spacial score (nSPS) is 19.7. The molecule has 69 heavy (non-hydrogen) atoms. The number of hydrogen-bond acceptors (Lipinski definition) is 3. The van der Waals surface area contributed by atoms with Crippen molar-refractivity contribution in [1.82, 2.24) is 4.90 Å². The van der Waals surface area contributed by atoms with Crippen molar-refractivity contribution in [3.05, 3.63) is 179 Å². The number of rotatable bonds is 18. The van der Waals surface area contributed by atoms with Crippen LogP contribution in [0.15, 0.2) is 168 Å². The highest BCUT2D eigenvalue weighted by molar-refractivity contribution is 7.28. The second-order valence-electron chi connectivity index (χ2n) is 24.5. The number of allylic oxidation sites excluding steroid dienone is 15. The second kappa shape index (κ2) is 23.7. The van der Waals surface area contributed by atoms with Crippen LogP contribution in [0.25, 0.3) is 10.1 Å². The molecule has 0 bridgehead atoms. The Balaban J connectivity index is 2.15. The predicted octanol–water partition coefficient (Wildman–Crippen LogP) is 18.7. The molecule has 4 rings (SSSR count). The van der Waals surface area contributed by atoms with E-state index in [-0.39, 0.29) is 21.7 Å². The Bertz CT molecular complexity index is 2490. The predicted molar refractivity (Wildman–Crippen MR) is 318 cm³/mol. The minimum absolute atomic E-state index is 0.0622. The highest BCUT2D eigenvalue weighted by Crippen LogP contribution is 2.49. The van der Waals surface area contributed by atoms with Gasteiger partial charge in [-0.15, -0.1) is 11.3 Å². The summed E-state index contributed by atoms with van der Waals surface area (Å²) in [5.74, 6) is 3.31. The first kappa shape index (κ1) is 57.3. The minimum Gasteiger partial charge on any atom is -0.337 e. The van der Waals surface area contributed by atoms with Crippen LogP contribution in [0.1, 0.15) is 147 Å². The first-order chi connectivity index (χ1) is 32.1. The smallest absolute Gasteiger partial charge is 0.200 e. The number of thiophene rings is 1. The fourth-order valence-corrected chi connectivity index (χ4v) is 11.0. The van der Waals surface area contributed by atoms with Crippen LogP contribution in [-0.2, 0) is 10.8 Å². The molecular formula is C64H92BN2SSi. The van der Waals surface area contributed by atoms with Gasteiger partial charge in [0, 0.05) is 45.5 Å². The molecule has 2 aliphatic rings. The highest BCUT2D eigenvalue weighted by atomic mass is 32.1. The molecule has 5 heteroatoms. The van der Waals surface area contributed by atoms with Gasteiger partial charge in [0.1, 0.15) is 0 Å². The Morgan fingerprint density at radius 3 is 2.13 bits per heavy atom. The minimum atomic E-state index is -1.45. The van der Waals surface area contributed by atoms with E-state index in [9.17, 15) is 0 Å². The Kier molecular flexibility index (Phi) is 19.7. The third-order valence-corrected chi connectivity index (χ3v) is 16.3. The summed E-state index contributed by atoms with van der Waals surface area (Å²) in [5.41, 5.74) is 14.8. The molecule has 1 aliphatic heterocycles. The number of nitrogens with zero attached hydrogens (tertiary/aromatic N) is 2. The van der Waals surface area contributed by atoms with Crippen LogP contribution in [0.2, 0.25) is 19.6 Å². The summed E-state index contributed by atoms with van der Waals surface area (Å²) in [7, 11) is 0.930. The van der Waals surface area contributed by atoms with Gasteiger partial charge in [0.25, 0.3) is 0 Å². The van der Waals surface area contributed by atoms with Crippen LogP contribution < -0.4 is 9.68 Å². The van der Waals surface area contributed by atoms with E-state index < -0.39 is 8.07 Å². The molecule has 0 spiro atoms. The molecule has 0 atom stereocenters. The Hall–Kier alpha value is -4.32. The van der Waals surface area contributed by atoms with E-state index in [1.165, 1.54) is 56.5 Å². The van der Waals surface area contributed by atoms with E-state index in [0.717, 1.165) is 46.7 Å². The summed E-state index contributed by atoms with van der Waals surface area (Å²) in [6.07, 6.45) is 37.1. The monoisotopic (exact) mass is 960 g/mol. The zero-order valence-electron chi connectivity index (χ0n) is 46.8. The van der Waals surface area contributed by atoms with E-state index in [4.69, 9.17) is 0 Å². The third-order valence-electron chi connectivity index (χ3n) is 14.0. The molecule has 1 radical (unpaired) electrons. The average Bonchev–Trinajstić information content (AvgIpc) is 3.61. The molecule has 2 aromatic rings. The maximum Gasteiger partial charge on any atom is 0.200 e. The van der Waals surface area contributed by atoms with Gasteiger partial charge in [-0.2, -0.15) is 0 Å². The zero-order valence-corrected chi connectivity index (χ0v) is 48.6. The summed E-state index contributed by atoms with van der Waals surface area (Å²) < 4.78 is 2.55. The van der Waals surface area contributed by atoms with Gasteiger partial charge >= 0.3 is 0 Å². The van der Waals surface area contributed by atoms with Gasteiger partial charge in [0.05, 0.1) is 13.8 Å². The standard InChI is InChI=1S/C64H92BN2SSi/c1-22-28-51-35-41-66(57(25-4)53(34-36-61(10,11)12)49(23-2)29-27-42-69(19,20)21)52(32-31-48(9)47(7)8)45-65-60-59(67(51)40-26-30-50(24-3)62(13,14)37-33-46(5)6)54-43-55-56(44-58(54)68-60)64(17,18)39-38-63(55,15)16/h22-32,34-35,41-47H,1-2,9,33,36-40H2,3-8,10-21H3/b30-26-,32-31-,41-35+,42-27+,49-29+,50-24+,51-28+,52-45-,53-34-,57-25+. The zero-order chi connectivity index (χ0) is 51.7. The molecule has 2 heterocycles. The fourth-order valence-electron chi connectivity index (χ4n) is 9.16. The fraction of sp³-hybridized carbons (Fsp3) is 0.469. The van der Waals surface area contributed by atoms with Crippen molar-refractivity contribution in [2.24, 2.45) is 22.7 Å². The van der Waals surface area contributed by atoms with E-state index in [2.05, 4.69) is 257 Å². The van der Waals surface area contributed by atoms with Gasteiger partial charge < -0.3 is 9.80 Å². The SMILES string of the molecule is C=C/C=C1\C=C\N(C(=C/C)/C(=C\CC(C)(C)C)C(/C=C)=C/C=C/[Si](C)(C)C)C(/C=C\C(=C)C(C)C)=C\[B]c2sc3cc4c(cc3c2N1C/C=C\C(=C/C)C(C)(C)CCC(C)C)C(C)(C)CCC4(C)C. The lowest BCUT2D eigenvalue weighted by molar-refractivity contribution is 0.332. The van der Waals surface area contributed by atoms with Crippen molar-refractivity contribution in [3.63, 3.8) is 0 Å². The third kappa shape index (κ3) is 15.3. The Morgan fingerprint density at radius 1 is 0.928 bits per heavy atom. The van der Waals surface area contributed by atoms with Crippen molar-refractivity contribution in [2.75, 3.05) is 11.4 Å². The molecule has 1 aromatic carbocycles. The van der Waals surface area contributed by atoms with Gasteiger partial charge in [-0.3, -0.25) is 0 Å². The first-order valence-corrected chi connectivity index (χ1v) is 30.3. The summed E-state index contributed by atoms with van der Waals surface area (Å²) in [6, 6.07) is 5.10. The van der Waals surface area contributed by atoms with E-state index >= 15 is 0 Å². The quantitative estimate of drug-likeness (QED) is 0.109. The lowest BCUT2D eigenvalue weighted by Crippen LogP contribution is -2.33. The molecule has 0 saturated carbocycles. The average molecular weight is 960 g/mol. The van der Waals surface area contributed by atoms with Gasteiger partial charge in [-0.25, -0.2) is 0 Å². The van der Waals surface area contributed by atoms with Crippen LogP contribution in [0.4, 0.5) is 5.69 Å². The van der Waals surface area contributed by atoms with Crippen LogP contribution >= 0.6 is 11.3 Å². The number of anilines is 1. The van der Waals surface area contributed by atoms with E-state index in [1.807, 2.05) is 23.5 Å². The van der Waals surface area contributed by atoms with Gasteiger partial charge in [0.2, 0.25) is 7.28 Å². The molecule has 0 saturated heterocycles. The maximum atomic E-state index is 4.49. The lowest BCUT2D eigenvalue weighted by Gasteiger charge is -2.42. The molecule has 371 valence electrons. The summed E-state index contributed by atoms with van der Waals surface area (Å²) >= 11 is 1.91. The molecule has 0 amide bonds. The molecule has 0 unspecified atom stereocenters. The van der Waals surface area contributed by atoms with Crippen molar-refractivity contribution < 1.29 is 0 Å². The summed E-state index contributed by atoms with van der Waals surface area (Å²) in [4.78, 5) is 4.91. The molecule has 0 fully saturated rings. The maximum absolute atomic E-state index is 4.49. The Labute approximate surface area is 429 Å². The first-order valence-electron chi connectivity index (χ1n) is 25.9. The van der Waals surface area contributed by atoms with E-state index in [1.54, 1.807) is 0 Å². The molecule has 1 aromatic heterocycles. The van der Waals surface area contributed by atoms with Crippen LogP contribution in [0.5, 0.6) is 0 Å². The molecular weight excluding hydrogens is 868 g/mol. The van der Waals surface area contributed by atoms with Crippen molar-refractivity contribution in [1.29, 1.82) is 0 Å². The molecule has 2 nitrogen and oxygen atoms in total. The van der Waals surface area contributed by atoms with Gasteiger partial charge in [-0.05, 0) is 130 Å². The van der Waals surface area contributed by atoms with Crippen LogP contribution in [-0.4, -0.2) is 26.8 Å². The van der Waals surface area contributed by atoms with Crippen molar-refractivity contribution in [3.8, 4) is 0 Å². The van der Waals surface area contributed by atoms with Crippen LogP contribution in [0, 0.1) is 22.7 Å². The summed E-state index contributed by atoms with van der Waals surface area (Å²) in [6.45, 7) is 56.0. The van der Waals surface area contributed by atoms with Crippen molar-refractivity contribution >= 4 is 47.2 Å². The number of fused-ring (bicyclic) bond motifs is 4. The topological polar surface area (TPSA) is 6.48 Å². The van der Waals surface area contributed by atoms with Gasteiger partial charge in [-0.1, -0.05) is 214 Å². The van der Waals surface area contributed by atoms with Gasteiger partial charge in [0.15, 0.2) is 0 Å². The molecule has 0 N–H and O–H groups in total. The second-order valence-corrected chi connectivity index (χ2v) is 30.6. The largest absolute Gasteiger partial charge is 0.337 e. The van der Waals surface area contributed by atoms with E-state index in [0.29, 0.717) is 18.4 Å². The van der Waals surface area contributed by atoms with Crippen molar-refractivity contribution in [2.45, 2.75) is 166 Å². The van der Waals surface area contributed by atoms with Crippen LogP contribution in [0.3, 0.4) is 0 Å². The highest BCUT2D eigenvalue weighted by Gasteiger charge is 2.38. The lowest BCUT2D eigenvalue weighted by atomic mass is 9.63. The molecule has 1 aliphatic carbocycles. The summed E-state index contributed by atoms with van der Waals surface area (Å²) in [5, 5.41) is 1.31. The number of benzene rings is 1. The number of hydrogen-bond donors (Lipinski definition) is 0. The Morgan fingerprint density at radius 2 is 1.58 bits per heavy atom.